The molecule has 0 unspecified atom stereocenters. The largest absolute Gasteiger partial charge is 0.481 e. The molecule has 2 atom stereocenters. The minimum atomic E-state index is -0.655. The first kappa shape index (κ1) is 16.7. The second kappa shape index (κ2) is 7.60. The molecule has 3 rings (SSSR count). The van der Waals surface area contributed by atoms with Gasteiger partial charge in [-0.15, -0.1) is 0 Å². The van der Waals surface area contributed by atoms with Crippen LogP contribution in [-0.2, 0) is 16.0 Å². The fourth-order valence-corrected chi connectivity index (χ4v) is 3.59. The van der Waals surface area contributed by atoms with E-state index in [-0.39, 0.29) is 18.1 Å². The summed E-state index contributed by atoms with van der Waals surface area (Å²) < 4.78 is 6.14. The van der Waals surface area contributed by atoms with Gasteiger partial charge in [0.25, 0.3) is 0 Å². The average Bonchev–Trinajstić information content (AvgIpc) is 2.97. The SMILES string of the molecule is O=C(O)C1CCN(C[C@H]2CC[C@@H](Cc3ccc(Cl)cn3)O2)CC1. The Morgan fingerprint density at radius 3 is 2.65 bits per heavy atom. The molecule has 1 N–H and O–H groups in total. The standard InChI is InChI=1S/C17H23ClN2O3/c18-13-1-2-14(19-10-13)9-15-3-4-16(23-15)11-20-7-5-12(6-8-20)17(21)22/h1-2,10,12,15-16H,3-9,11H2,(H,21,22)/t15-,16+/m0/s1. The summed E-state index contributed by atoms with van der Waals surface area (Å²) in [6.45, 7) is 2.64. The fraction of sp³-hybridized carbons (Fsp3) is 0.647. The van der Waals surface area contributed by atoms with Crippen molar-refractivity contribution in [3.8, 4) is 0 Å². The van der Waals surface area contributed by atoms with Gasteiger partial charge in [0.2, 0.25) is 0 Å². The second-order valence-corrected chi connectivity index (χ2v) is 6.98. The first-order valence-electron chi connectivity index (χ1n) is 8.31. The molecule has 1 aromatic rings. The number of carbonyl (C=O) groups is 1. The molecule has 5 nitrogen and oxygen atoms in total. The summed E-state index contributed by atoms with van der Waals surface area (Å²) in [6.07, 6.45) is 6.61. The average molecular weight is 339 g/mol. The van der Waals surface area contributed by atoms with Gasteiger partial charge < -0.3 is 14.7 Å². The lowest BCUT2D eigenvalue weighted by Crippen LogP contribution is -2.40. The zero-order chi connectivity index (χ0) is 16.2. The highest BCUT2D eigenvalue weighted by Crippen LogP contribution is 2.25. The van der Waals surface area contributed by atoms with Gasteiger partial charge in [-0.05, 0) is 50.9 Å². The molecule has 0 saturated carbocycles. The summed E-state index contributed by atoms with van der Waals surface area (Å²) >= 11 is 5.85. The van der Waals surface area contributed by atoms with E-state index >= 15 is 0 Å². The molecule has 2 saturated heterocycles. The number of pyridine rings is 1. The third kappa shape index (κ3) is 4.66. The number of aliphatic carboxylic acids is 1. The molecular weight excluding hydrogens is 316 g/mol. The highest BCUT2D eigenvalue weighted by atomic mass is 35.5. The highest BCUT2D eigenvalue weighted by molar-refractivity contribution is 6.30. The van der Waals surface area contributed by atoms with E-state index in [9.17, 15) is 4.79 Å². The lowest BCUT2D eigenvalue weighted by molar-refractivity contribution is -0.143. The van der Waals surface area contributed by atoms with Crippen LogP contribution in [0.1, 0.15) is 31.4 Å². The predicted octanol–water partition coefficient (Wildman–Crippen LogP) is 2.62. The molecule has 23 heavy (non-hydrogen) atoms. The summed E-state index contributed by atoms with van der Waals surface area (Å²) in [5.41, 5.74) is 1.02. The number of hydrogen-bond donors (Lipinski definition) is 1. The van der Waals surface area contributed by atoms with Crippen LogP contribution in [0.4, 0.5) is 0 Å². The van der Waals surface area contributed by atoms with E-state index in [1.54, 1.807) is 6.20 Å². The van der Waals surface area contributed by atoms with Crippen molar-refractivity contribution in [1.82, 2.24) is 9.88 Å². The molecule has 3 heterocycles. The molecule has 2 aliphatic rings. The number of piperidine rings is 1. The van der Waals surface area contributed by atoms with E-state index in [4.69, 9.17) is 21.4 Å². The van der Waals surface area contributed by atoms with Crippen LogP contribution < -0.4 is 0 Å². The van der Waals surface area contributed by atoms with Gasteiger partial charge in [-0.2, -0.15) is 0 Å². The van der Waals surface area contributed by atoms with Crippen molar-refractivity contribution in [3.63, 3.8) is 0 Å². The number of carboxylic acids is 1. The van der Waals surface area contributed by atoms with Crippen molar-refractivity contribution in [2.75, 3.05) is 19.6 Å². The lowest BCUT2D eigenvalue weighted by Gasteiger charge is -2.31. The normalized spacial score (nSPS) is 26.5. The Morgan fingerprint density at radius 2 is 2.00 bits per heavy atom. The minimum Gasteiger partial charge on any atom is -0.481 e. The number of rotatable bonds is 5. The summed E-state index contributed by atoms with van der Waals surface area (Å²) in [7, 11) is 0. The number of carboxylic acid groups (broad SMARTS) is 1. The predicted molar refractivity (Wildman–Crippen MR) is 87.6 cm³/mol. The molecule has 0 aliphatic carbocycles. The van der Waals surface area contributed by atoms with Crippen LogP contribution in [0.25, 0.3) is 0 Å². The van der Waals surface area contributed by atoms with Crippen LogP contribution >= 0.6 is 11.6 Å². The van der Waals surface area contributed by atoms with E-state index in [1.165, 1.54) is 0 Å². The molecule has 2 aliphatic heterocycles. The topological polar surface area (TPSA) is 62.7 Å². The van der Waals surface area contributed by atoms with Crippen molar-refractivity contribution in [2.24, 2.45) is 5.92 Å². The van der Waals surface area contributed by atoms with Gasteiger partial charge in [0.1, 0.15) is 0 Å². The monoisotopic (exact) mass is 338 g/mol. The van der Waals surface area contributed by atoms with E-state index in [1.807, 2.05) is 12.1 Å². The molecular formula is C17H23ClN2O3. The number of ether oxygens (including phenoxy) is 1. The maximum atomic E-state index is 11.0. The van der Waals surface area contributed by atoms with Crippen LogP contribution in [0, 0.1) is 5.92 Å². The van der Waals surface area contributed by atoms with Gasteiger partial charge in [0.15, 0.2) is 0 Å². The van der Waals surface area contributed by atoms with E-state index in [0.717, 1.165) is 57.4 Å². The maximum absolute atomic E-state index is 11.0. The second-order valence-electron chi connectivity index (χ2n) is 6.54. The van der Waals surface area contributed by atoms with Crippen molar-refractivity contribution >= 4 is 17.6 Å². The van der Waals surface area contributed by atoms with E-state index in [2.05, 4.69) is 9.88 Å². The van der Waals surface area contributed by atoms with Crippen molar-refractivity contribution in [3.05, 3.63) is 29.0 Å². The van der Waals surface area contributed by atoms with Crippen LogP contribution in [0.2, 0.25) is 5.02 Å². The van der Waals surface area contributed by atoms with Gasteiger partial charge in [-0.3, -0.25) is 9.78 Å². The molecule has 0 amide bonds. The van der Waals surface area contributed by atoms with Gasteiger partial charge in [0.05, 0.1) is 23.1 Å². The third-order valence-electron chi connectivity index (χ3n) is 4.82. The van der Waals surface area contributed by atoms with Gasteiger partial charge >= 0.3 is 5.97 Å². The highest BCUT2D eigenvalue weighted by Gasteiger charge is 2.30. The first-order chi connectivity index (χ1) is 11.1. The van der Waals surface area contributed by atoms with Gasteiger partial charge in [-0.25, -0.2) is 0 Å². The van der Waals surface area contributed by atoms with Crippen molar-refractivity contribution in [2.45, 2.75) is 44.3 Å². The third-order valence-corrected chi connectivity index (χ3v) is 5.04. The Balaban J connectivity index is 1.42. The summed E-state index contributed by atoms with van der Waals surface area (Å²) in [5, 5.41) is 9.70. The van der Waals surface area contributed by atoms with Crippen LogP contribution in [0.5, 0.6) is 0 Å². The Hall–Kier alpha value is -1.17. The molecule has 0 aromatic carbocycles. The van der Waals surface area contributed by atoms with Crippen LogP contribution in [0.15, 0.2) is 18.3 Å². The number of hydrogen-bond acceptors (Lipinski definition) is 4. The summed E-state index contributed by atoms with van der Waals surface area (Å²) in [4.78, 5) is 17.7. The summed E-state index contributed by atoms with van der Waals surface area (Å²) in [5.74, 6) is -0.822. The van der Waals surface area contributed by atoms with Crippen LogP contribution in [-0.4, -0.2) is 52.8 Å². The Labute approximate surface area is 141 Å². The van der Waals surface area contributed by atoms with Crippen molar-refractivity contribution < 1.29 is 14.6 Å². The zero-order valence-corrected chi connectivity index (χ0v) is 13.9. The number of aromatic nitrogens is 1. The Kier molecular flexibility index (Phi) is 5.51. The molecule has 0 bridgehead atoms. The van der Waals surface area contributed by atoms with Gasteiger partial charge in [0, 0.05) is 24.9 Å². The molecule has 126 valence electrons. The first-order valence-corrected chi connectivity index (χ1v) is 8.69. The maximum Gasteiger partial charge on any atom is 0.306 e. The molecule has 0 radical (unpaired) electrons. The lowest BCUT2D eigenvalue weighted by atomic mass is 9.97. The van der Waals surface area contributed by atoms with E-state index < -0.39 is 5.97 Å². The molecule has 0 spiro atoms. The Bertz CT molecular complexity index is 529. The number of likely N-dealkylation sites (tertiary alicyclic amines) is 1. The smallest absolute Gasteiger partial charge is 0.306 e. The van der Waals surface area contributed by atoms with Crippen LogP contribution in [0.3, 0.4) is 0 Å². The van der Waals surface area contributed by atoms with Gasteiger partial charge in [-0.1, -0.05) is 11.6 Å². The number of nitrogens with zero attached hydrogens (tertiary/aromatic N) is 2. The number of halogens is 1. The zero-order valence-electron chi connectivity index (χ0n) is 13.2. The minimum absolute atomic E-state index is 0.167. The Morgan fingerprint density at radius 1 is 1.26 bits per heavy atom. The van der Waals surface area contributed by atoms with Crippen molar-refractivity contribution in [1.29, 1.82) is 0 Å². The molecule has 1 aromatic heterocycles. The quantitative estimate of drug-likeness (QED) is 0.894. The molecule has 2 fully saturated rings. The fourth-order valence-electron chi connectivity index (χ4n) is 3.48. The molecule has 6 heteroatoms. The summed E-state index contributed by atoms with van der Waals surface area (Å²) in [6, 6.07) is 3.82. The van der Waals surface area contributed by atoms with E-state index in [0.29, 0.717) is 5.02 Å².